The number of rotatable bonds is 4. The molecule has 0 fully saturated rings. The standard InChI is InChI=1S/C16H17NO2/c1-2-13(16(18)19)12-8-9-14(15(17)10-12)11-6-4-3-5-7-11/h3-10,13H,2,17H2,1H3,(H,18,19). The van der Waals surface area contributed by atoms with Crippen molar-refractivity contribution < 1.29 is 9.90 Å². The van der Waals surface area contributed by atoms with Gasteiger partial charge in [0.2, 0.25) is 0 Å². The van der Waals surface area contributed by atoms with E-state index in [1.807, 2.05) is 49.4 Å². The van der Waals surface area contributed by atoms with Gasteiger partial charge < -0.3 is 10.8 Å². The fourth-order valence-electron chi connectivity index (χ4n) is 2.23. The average molecular weight is 255 g/mol. The Hall–Kier alpha value is -2.29. The van der Waals surface area contributed by atoms with Crippen LogP contribution in [0.1, 0.15) is 24.8 Å². The number of hydrogen-bond donors (Lipinski definition) is 2. The second kappa shape index (κ2) is 5.57. The Kier molecular flexibility index (Phi) is 3.85. The predicted octanol–water partition coefficient (Wildman–Crippen LogP) is 3.51. The van der Waals surface area contributed by atoms with Crippen LogP contribution >= 0.6 is 0 Å². The first-order valence-electron chi connectivity index (χ1n) is 6.31. The van der Waals surface area contributed by atoms with Crippen LogP contribution in [0.3, 0.4) is 0 Å². The molecule has 0 aliphatic carbocycles. The van der Waals surface area contributed by atoms with Crippen LogP contribution in [0.15, 0.2) is 48.5 Å². The number of carboxylic acid groups (broad SMARTS) is 1. The second-order valence-electron chi connectivity index (χ2n) is 4.51. The van der Waals surface area contributed by atoms with Crippen molar-refractivity contribution >= 4 is 11.7 Å². The number of carboxylic acids is 1. The molecule has 0 aromatic heterocycles. The first-order chi connectivity index (χ1) is 9.13. The molecule has 98 valence electrons. The largest absolute Gasteiger partial charge is 0.481 e. The summed E-state index contributed by atoms with van der Waals surface area (Å²) in [6.07, 6.45) is 0.555. The van der Waals surface area contributed by atoms with Gasteiger partial charge in [-0.05, 0) is 23.6 Å². The molecule has 0 radical (unpaired) electrons. The zero-order valence-corrected chi connectivity index (χ0v) is 10.8. The highest BCUT2D eigenvalue weighted by molar-refractivity contribution is 5.80. The van der Waals surface area contributed by atoms with Gasteiger partial charge in [0.25, 0.3) is 0 Å². The van der Waals surface area contributed by atoms with E-state index in [4.69, 9.17) is 10.8 Å². The number of nitrogens with two attached hydrogens (primary N) is 1. The van der Waals surface area contributed by atoms with E-state index in [1.54, 1.807) is 6.07 Å². The first-order valence-corrected chi connectivity index (χ1v) is 6.31. The molecule has 0 spiro atoms. The van der Waals surface area contributed by atoms with Crippen LogP contribution in [-0.2, 0) is 4.79 Å². The molecule has 0 aliphatic heterocycles. The lowest BCUT2D eigenvalue weighted by Gasteiger charge is -2.13. The Balaban J connectivity index is 2.40. The van der Waals surface area contributed by atoms with Crippen LogP contribution in [0.5, 0.6) is 0 Å². The molecule has 0 aliphatic rings. The summed E-state index contributed by atoms with van der Waals surface area (Å²) < 4.78 is 0. The van der Waals surface area contributed by atoms with E-state index < -0.39 is 11.9 Å². The smallest absolute Gasteiger partial charge is 0.310 e. The van der Waals surface area contributed by atoms with Crippen LogP contribution in [0.4, 0.5) is 5.69 Å². The number of anilines is 1. The van der Waals surface area contributed by atoms with E-state index in [2.05, 4.69) is 0 Å². The fourth-order valence-corrected chi connectivity index (χ4v) is 2.23. The van der Waals surface area contributed by atoms with Crippen LogP contribution in [0.2, 0.25) is 0 Å². The summed E-state index contributed by atoms with van der Waals surface area (Å²) in [6.45, 7) is 1.86. The van der Waals surface area contributed by atoms with Crippen molar-refractivity contribution in [3.05, 3.63) is 54.1 Å². The van der Waals surface area contributed by atoms with Crippen LogP contribution in [0.25, 0.3) is 11.1 Å². The third kappa shape index (κ3) is 2.76. The topological polar surface area (TPSA) is 63.3 Å². The Bertz CT molecular complexity index is 579. The summed E-state index contributed by atoms with van der Waals surface area (Å²) in [5.41, 5.74) is 9.40. The van der Waals surface area contributed by atoms with E-state index >= 15 is 0 Å². The molecule has 0 saturated carbocycles. The lowest BCUT2D eigenvalue weighted by atomic mass is 9.93. The summed E-state index contributed by atoms with van der Waals surface area (Å²) in [6, 6.07) is 15.3. The van der Waals surface area contributed by atoms with E-state index in [-0.39, 0.29) is 0 Å². The molecule has 3 N–H and O–H groups in total. The van der Waals surface area contributed by atoms with Gasteiger partial charge in [-0.15, -0.1) is 0 Å². The van der Waals surface area contributed by atoms with E-state index in [9.17, 15) is 4.79 Å². The second-order valence-corrected chi connectivity index (χ2v) is 4.51. The molecule has 3 heteroatoms. The highest BCUT2D eigenvalue weighted by Gasteiger charge is 2.18. The number of aliphatic carboxylic acids is 1. The maximum Gasteiger partial charge on any atom is 0.310 e. The fraction of sp³-hybridized carbons (Fsp3) is 0.188. The number of carbonyl (C=O) groups is 1. The van der Waals surface area contributed by atoms with E-state index in [0.717, 1.165) is 16.7 Å². The van der Waals surface area contributed by atoms with Crippen molar-refractivity contribution in [2.45, 2.75) is 19.3 Å². The SMILES string of the molecule is CCC(C(=O)O)c1ccc(-c2ccccc2)c(N)c1. The van der Waals surface area contributed by atoms with Gasteiger partial charge in [0.05, 0.1) is 5.92 Å². The summed E-state index contributed by atoms with van der Waals surface area (Å²) in [7, 11) is 0. The average Bonchev–Trinajstić information content (AvgIpc) is 2.40. The molecule has 0 bridgehead atoms. The van der Waals surface area contributed by atoms with Crippen molar-refractivity contribution in [1.82, 2.24) is 0 Å². The summed E-state index contributed by atoms with van der Waals surface area (Å²) in [4.78, 5) is 11.2. The van der Waals surface area contributed by atoms with Gasteiger partial charge in [0.15, 0.2) is 0 Å². The van der Waals surface area contributed by atoms with Crippen molar-refractivity contribution in [2.75, 3.05) is 5.73 Å². The molecular weight excluding hydrogens is 238 g/mol. The minimum Gasteiger partial charge on any atom is -0.481 e. The van der Waals surface area contributed by atoms with E-state index in [1.165, 1.54) is 0 Å². The quantitative estimate of drug-likeness (QED) is 0.822. The molecule has 1 unspecified atom stereocenters. The molecule has 0 heterocycles. The molecule has 2 aromatic rings. The molecule has 1 atom stereocenters. The van der Waals surface area contributed by atoms with Crippen molar-refractivity contribution in [1.29, 1.82) is 0 Å². The summed E-state index contributed by atoms with van der Waals surface area (Å²) in [5, 5.41) is 9.16. The molecule has 2 aromatic carbocycles. The highest BCUT2D eigenvalue weighted by atomic mass is 16.4. The summed E-state index contributed by atoms with van der Waals surface area (Å²) in [5.74, 6) is -1.30. The van der Waals surface area contributed by atoms with Crippen molar-refractivity contribution in [3.8, 4) is 11.1 Å². The normalized spacial score (nSPS) is 12.1. The monoisotopic (exact) mass is 255 g/mol. The molecule has 0 amide bonds. The third-order valence-corrected chi connectivity index (χ3v) is 3.27. The third-order valence-electron chi connectivity index (χ3n) is 3.27. The minimum absolute atomic E-state index is 0.493. The number of benzene rings is 2. The Morgan fingerprint density at radius 3 is 2.42 bits per heavy atom. The number of hydrogen-bond acceptors (Lipinski definition) is 2. The zero-order chi connectivity index (χ0) is 13.8. The Labute approximate surface area is 112 Å². The lowest BCUT2D eigenvalue weighted by molar-refractivity contribution is -0.138. The zero-order valence-electron chi connectivity index (χ0n) is 10.8. The van der Waals surface area contributed by atoms with Crippen LogP contribution < -0.4 is 5.73 Å². The van der Waals surface area contributed by atoms with E-state index in [0.29, 0.717) is 12.1 Å². The molecule has 0 saturated heterocycles. The van der Waals surface area contributed by atoms with Gasteiger partial charge in [0, 0.05) is 11.3 Å². The predicted molar refractivity (Wildman–Crippen MR) is 77.0 cm³/mol. The van der Waals surface area contributed by atoms with Crippen molar-refractivity contribution in [3.63, 3.8) is 0 Å². The van der Waals surface area contributed by atoms with Crippen molar-refractivity contribution in [2.24, 2.45) is 0 Å². The molecule has 2 rings (SSSR count). The van der Waals surface area contributed by atoms with Gasteiger partial charge in [-0.2, -0.15) is 0 Å². The molecule has 19 heavy (non-hydrogen) atoms. The van der Waals surface area contributed by atoms with Crippen LogP contribution in [0, 0.1) is 0 Å². The van der Waals surface area contributed by atoms with Gasteiger partial charge in [-0.25, -0.2) is 0 Å². The Morgan fingerprint density at radius 1 is 1.21 bits per heavy atom. The van der Waals surface area contributed by atoms with Gasteiger partial charge in [-0.3, -0.25) is 4.79 Å². The maximum atomic E-state index is 11.2. The maximum absolute atomic E-state index is 11.2. The van der Waals surface area contributed by atoms with Gasteiger partial charge >= 0.3 is 5.97 Å². The number of nitrogen functional groups attached to an aromatic ring is 1. The molecular formula is C16H17NO2. The summed E-state index contributed by atoms with van der Waals surface area (Å²) >= 11 is 0. The minimum atomic E-state index is -0.811. The highest BCUT2D eigenvalue weighted by Crippen LogP contribution is 2.30. The lowest BCUT2D eigenvalue weighted by Crippen LogP contribution is -2.10. The molecule has 3 nitrogen and oxygen atoms in total. The van der Waals surface area contributed by atoms with Crippen LogP contribution in [-0.4, -0.2) is 11.1 Å². The Morgan fingerprint density at radius 2 is 1.89 bits per heavy atom. The first kappa shape index (κ1) is 13.1. The van der Waals surface area contributed by atoms with Gasteiger partial charge in [0.1, 0.15) is 0 Å². The van der Waals surface area contributed by atoms with Gasteiger partial charge in [-0.1, -0.05) is 49.4 Å².